The number of sulfonamides is 1. The van der Waals surface area contributed by atoms with E-state index in [1.807, 2.05) is 11.6 Å². The molecule has 0 aliphatic carbocycles. The highest BCUT2D eigenvalue weighted by atomic mass is 32.2. The summed E-state index contributed by atoms with van der Waals surface area (Å²) in [6.45, 7) is 0.634. The Hall–Kier alpha value is -1.86. The first-order valence-electron chi connectivity index (χ1n) is 5.75. The van der Waals surface area contributed by atoms with Crippen LogP contribution >= 0.6 is 0 Å². The molecule has 0 radical (unpaired) electrons. The summed E-state index contributed by atoms with van der Waals surface area (Å²) in [5, 5.41) is 3.21. The van der Waals surface area contributed by atoms with E-state index in [-0.39, 0.29) is 4.90 Å². The largest absolute Gasteiger partial charge is 0.379 e. The van der Waals surface area contributed by atoms with Crippen molar-refractivity contribution in [3.05, 3.63) is 42.5 Å². The third-order valence-electron chi connectivity index (χ3n) is 2.82. The lowest BCUT2D eigenvalue weighted by atomic mass is 10.3. The van der Waals surface area contributed by atoms with Gasteiger partial charge < -0.3 is 9.88 Å². The van der Waals surface area contributed by atoms with Gasteiger partial charge >= 0.3 is 0 Å². The van der Waals surface area contributed by atoms with Crippen LogP contribution in [0.1, 0.15) is 5.69 Å². The molecule has 19 heavy (non-hydrogen) atoms. The fourth-order valence-corrected chi connectivity index (χ4v) is 2.35. The third kappa shape index (κ3) is 3.12. The summed E-state index contributed by atoms with van der Waals surface area (Å²) >= 11 is 0. The van der Waals surface area contributed by atoms with Crippen molar-refractivity contribution in [2.45, 2.75) is 11.4 Å². The zero-order chi connectivity index (χ0) is 13.9. The summed E-state index contributed by atoms with van der Waals surface area (Å²) < 4.78 is 27.3. The van der Waals surface area contributed by atoms with Gasteiger partial charge in [-0.05, 0) is 31.3 Å². The van der Waals surface area contributed by atoms with Gasteiger partial charge in [-0.2, -0.15) is 0 Å². The first-order chi connectivity index (χ1) is 9.03. The molecule has 2 aromatic rings. The van der Waals surface area contributed by atoms with Crippen molar-refractivity contribution in [3.63, 3.8) is 0 Å². The molecule has 0 saturated heterocycles. The van der Waals surface area contributed by atoms with Crippen LogP contribution in [-0.4, -0.2) is 25.0 Å². The summed E-state index contributed by atoms with van der Waals surface area (Å²) in [4.78, 5) is 4.28. The number of aromatic nitrogens is 2. The molecule has 0 unspecified atom stereocenters. The maximum absolute atomic E-state index is 11.6. The van der Waals surface area contributed by atoms with E-state index in [2.05, 4.69) is 15.0 Å². The minimum absolute atomic E-state index is 0.251. The molecule has 2 rings (SSSR count). The predicted molar refractivity (Wildman–Crippen MR) is 73.2 cm³/mol. The molecule has 0 amide bonds. The molecule has 6 nitrogen and oxygen atoms in total. The molecule has 0 saturated carbocycles. The molecule has 2 N–H and O–H groups in total. The van der Waals surface area contributed by atoms with E-state index in [4.69, 9.17) is 0 Å². The van der Waals surface area contributed by atoms with Gasteiger partial charge in [-0.25, -0.2) is 18.1 Å². The normalized spacial score (nSPS) is 11.5. The van der Waals surface area contributed by atoms with Crippen LogP contribution in [0.3, 0.4) is 0 Å². The Morgan fingerprint density at radius 2 is 1.95 bits per heavy atom. The highest BCUT2D eigenvalue weighted by Gasteiger charge is 2.10. The maximum Gasteiger partial charge on any atom is 0.240 e. The number of imidazole rings is 1. The van der Waals surface area contributed by atoms with Crippen molar-refractivity contribution in [1.29, 1.82) is 0 Å². The van der Waals surface area contributed by atoms with Crippen molar-refractivity contribution in [2.24, 2.45) is 7.05 Å². The molecule has 0 atom stereocenters. The van der Waals surface area contributed by atoms with Crippen LogP contribution in [0.4, 0.5) is 5.69 Å². The van der Waals surface area contributed by atoms with E-state index in [1.54, 1.807) is 36.8 Å². The minimum Gasteiger partial charge on any atom is -0.379 e. The van der Waals surface area contributed by atoms with Crippen LogP contribution in [0.15, 0.2) is 41.7 Å². The molecule has 7 heteroatoms. The van der Waals surface area contributed by atoms with Crippen molar-refractivity contribution in [2.75, 3.05) is 12.4 Å². The van der Waals surface area contributed by atoms with E-state index in [0.29, 0.717) is 6.54 Å². The van der Waals surface area contributed by atoms with Gasteiger partial charge in [0.05, 0.1) is 23.5 Å². The highest BCUT2D eigenvalue weighted by molar-refractivity contribution is 7.89. The van der Waals surface area contributed by atoms with E-state index >= 15 is 0 Å². The van der Waals surface area contributed by atoms with Crippen molar-refractivity contribution >= 4 is 15.7 Å². The van der Waals surface area contributed by atoms with Crippen LogP contribution in [0.25, 0.3) is 0 Å². The fraction of sp³-hybridized carbons (Fsp3) is 0.250. The smallest absolute Gasteiger partial charge is 0.240 e. The molecule has 0 aliphatic heterocycles. The summed E-state index contributed by atoms with van der Waals surface area (Å²) in [6.07, 6.45) is 3.52. The van der Waals surface area contributed by atoms with Crippen LogP contribution < -0.4 is 10.0 Å². The Labute approximate surface area is 112 Å². The fourth-order valence-electron chi connectivity index (χ4n) is 1.62. The molecule has 1 aromatic carbocycles. The zero-order valence-electron chi connectivity index (χ0n) is 10.8. The number of hydrogen-bond donors (Lipinski definition) is 2. The third-order valence-corrected chi connectivity index (χ3v) is 4.25. The molecule has 1 heterocycles. The number of aryl methyl sites for hydroxylation is 1. The van der Waals surface area contributed by atoms with Crippen LogP contribution in [0.5, 0.6) is 0 Å². The summed E-state index contributed by atoms with van der Waals surface area (Å²) in [5.41, 5.74) is 1.91. The van der Waals surface area contributed by atoms with Gasteiger partial charge in [0.1, 0.15) is 0 Å². The van der Waals surface area contributed by atoms with Crippen molar-refractivity contribution in [3.8, 4) is 0 Å². The van der Waals surface area contributed by atoms with Crippen LogP contribution in [-0.2, 0) is 23.6 Å². The number of hydrogen-bond acceptors (Lipinski definition) is 4. The van der Waals surface area contributed by atoms with Gasteiger partial charge in [-0.15, -0.1) is 0 Å². The second-order valence-corrected chi connectivity index (χ2v) is 5.97. The molecule has 0 aliphatic rings. The van der Waals surface area contributed by atoms with Gasteiger partial charge in [0, 0.05) is 18.9 Å². The average Bonchev–Trinajstić information content (AvgIpc) is 2.82. The summed E-state index contributed by atoms with van der Waals surface area (Å²) in [6, 6.07) is 6.61. The Bertz CT molecular complexity index is 647. The Kier molecular flexibility index (Phi) is 3.87. The lowest BCUT2D eigenvalue weighted by Gasteiger charge is -2.08. The molecular formula is C12H16N4O2S. The van der Waals surface area contributed by atoms with Gasteiger partial charge in [0.15, 0.2) is 0 Å². The topological polar surface area (TPSA) is 76.0 Å². The number of nitrogens with zero attached hydrogens (tertiary/aromatic N) is 2. The molecule has 1 aromatic heterocycles. The first-order valence-corrected chi connectivity index (χ1v) is 7.24. The summed E-state index contributed by atoms with van der Waals surface area (Å²) in [7, 11) is -0.0557. The molecule has 0 bridgehead atoms. The highest BCUT2D eigenvalue weighted by Crippen LogP contribution is 2.14. The number of nitrogens with one attached hydrogen (secondary N) is 2. The lowest BCUT2D eigenvalue weighted by molar-refractivity contribution is 0.588. The summed E-state index contributed by atoms with van der Waals surface area (Å²) in [5.74, 6) is 0. The number of benzene rings is 1. The quantitative estimate of drug-likeness (QED) is 0.854. The Balaban J connectivity index is 2.06. The van der Waals surface area contributed by atoms with Gasteiger partial charge in [-0.3, -0.25) is 0 Å². The predicted octanol–water partition coefficient (Wildman–Crippen LogP) is 0.940. The van der Waals surface area contributed by atoms with Gasteiger partial charge in [-0.1, -0.05) is 0 Å². The van der Waals surface area contributed by atoms with Crippen molar-refractivity contribution < 1.29 is 8.42 Å². The van der Waals surface area contributed by atoms with Crippen LogP contribution in [0, 0.1) is 0 Å². The van der Waals surface area contributed by atoms with Gasteiger partial charge in [0.2, 0.25) is 10.0 Å². The molecule has 102 valence electrons. The Morgan fingerprint density at radius 3 is 2.47 bits per heavy atom. The van der Waals surface area contributed by atoms with E-state index < -0.39 is 10.0 Å². The second kappa shape index (κ2) is 5.41. The average molecular weight is 280 g/mol. The first kappa shape index (κ1) is 13.6. The van der Waals surface area contributed by atoms with E-state index in [0.717, 1.165) is 11.4 Å². The molecule has 0 spiro atoms. The van der Waals surface area contributed by atoms with Crippen LogP contribution in [0.2, 0.25) is 0 Å². The lowest BCUT2D eigenvalue weighted by Crippen LogP contribution is -2.18. The standard InChI is InChI=1S/C12H16N4O2S/c1-13-19(17,18)12-5-3-10(4-6-12)15-8-11-7-14-9-16(11)2/h3-7,9,13,15H,8H2,1-2H3. The number of rotatable bonds is 5. The monoisotopic (exact) mass is 280 g/mol. The maximum atomic E-state index is 11.6. The molecular weight excluding hydrogens is 264 g/mol. The van der Waals surface area contributed by atoms with Crippen molar-refractivity contribution in [1.82, 2.24) is 14.3 Å². The Morgan fingerprint density at radius 1 is 1.26 bits per heavy atom. The molecule has 0 fully saturated rings. The number of anilines is 1. The minimum atomic E-state index is -3.37. The second-order valence-electron chi connectivity index (χ2n) is 4.08. The van der Waals surface area contributed by atoms with E-state index in [9.17, 15) is 8.42 Å². The SMILES string of the molecule is CNS(=O)(=O)c1ccc(NCc2cncn2C)cc1. The zero-order valence-corrected chi connectivity index (χ0v) is 11.6. The van der Waals surface area contributed by atoms with Gasteiger partial charge in [0.25, 0.3) is 0 Å². The van der Waals surface area contributed by atoms with E-state index in [1.165, 1.54) is 7.05 Å².